The Balaban J connectivity index is 1.36. The molecule has 1 aromatic heterocycles. The van der Waals surface area contributed by atoms with Crippen molar-refractivity contribution in [3.05, 3.63) is 100 Å². The minimum absolute atomic E-state index is 0.0394. The maximum atomic E-state index is 13.9. The number of rotatable bonds is 4. The van der Waals surface area contributed by atoms with Crippen molar-refractivity contribution in [2.45, 2.75) is 12.7 Å². The molecule has 0 bridgehead atoms. The molecule has 1 aliphatic rings. The van der Waals surface area contributed by atoms with Gasteiger partial charge in [0, 0.05) is 66.5 Å². The molecule has 6 nitrogen and oxygen atoms in total. The summed E-state index contributed by atoms with van der Waals surface area (Å²) < 4.78 is 55.7. The largest absolute Gasteiger partial charge is 0.416 e. The number of carbonyl (C=O) groups excluding carboxylic acids is 1. The van der Waals surface area contributed by atoms with Crippen LogP contribution in [0, 0.1) is 17.7 Å². The molecule has 0 saturated carbocycles. The van der Waals surface area contributed by atoms with Crippen LogP contribution >= 0.6 is 0 Å². The molecule has 10 heteroatoms. The third-order valence-corrected chi connectivity index (χ3v) is 7.00. The number of nitrogen functional groups attached to an aromatic ring is 1. The smallest absolute Gasteiger partial charge is 0.383 e. The predicted molar refractivity (Wildman–Crippen MR) is 151 cm³/mol. The van der Waals surface area contributed by atoms with Crippen LogP contribution in [0.3, 0.4) is 0 Å². The van der Waals surface area contributed by atoms with Crippen molar-refractivity contribution in [2.24, 2.45) is 0 Å². The molecule has 5 rings (SSSR count). The molecule has 41 heavy (non-hydrogen) atoms. The van der Waals surface area contributed by atoms with Crippen molar-refractivity contribution in [1.82, 2.24) is 14.8 Å². The molecule has 4 aromatic rings. The summed E-state index contributed by atoms with van der Waals surface area (Å²) in [5.41, 5.74) is 6.45. The normalized spacial score (nSPS) is 14.5. The van der Waals surface area contributed by atoms with Crippen molar-refractivity contribution in [1.29, 1.82) is 0 Å². The van der Waals surface area contributed by atoms with Crippen LogP contribution in [0.1, 0.15) is 32.6 Å². The first-order valence-electron chi connectivity index (χ1n) is 12.9. The number of hydrogen-bond donors (Lipinski definition) is 2. The van der Waals surface area contributed by atoms with Crippen LogP contribution in [0.4, 0.5) is 29.1 Å². The van der Waals surface area contributed by atoms with E-state index in [1.807, 2.05) is 11.9 Å². The van der Waals surface area contributed by atoms with Gasteiger partial charge in [-0.05, 0) is 61.1 Å². The highest BCUT2D eigenvalue weighted by Crippen LogP contribution is 2.35. The van der Waals surface area contributed by atoms with Crippen LogP contribution in [0.25, 0.3) is 10.8 Å². The van der Waals surface area contributed by atoms with Gasteiger partial charge in [0.1, 0.15) is 11.6 Å². The van der Waals surface area contributed by atoms with Crippen molar-refractivity contribution in [2.75, 3.05) is 44.3 Å². The third-order valence-electron chi connectivity index (χ3n) is 7.00. The quantitative estimate of drug-likeness (QED) is 0.259. The first kappa shape index (κ1) is 28.1. The number of likely N-dealkylation sites (N-methyl/N-ethyl adjacent to an activating group) is 1. The number of piperazine rings is 1. The molecule has 0 unspecified atom stereocenters. The first-order chi connectivity index (χ1) is 19.6. The second-order valence-electron chi connectivity index (χ2n) is 9.98. The Hall–Kier alpha value is -4.46. The topological polar surface area (TPSA) is 74.5 Å². The summed E-state index contributed by atoms with van der Waals surface area (Å²) in [6.07, 6.45) is -3.04. The van der Waals surface area contributed by atoms with Crippen LogP contribution < -0.4 is 11.1 Å². The number of benzene rings is 3. The van der Waals surface area contributed by atoms with E-state index in [1.165, 1.54) is 42.6 Å². The van der Waals surface area contributed by atoms with Crippen molar-refractivity contribution in [3.8, 4) is 11.8 Å². The third kappa shape index (κ3) is 6.65. The molecule has 1 fully saturated rings. The second-order valence-corrected chi connectivity index (χ2v) is 9.98. The molecule has 0 radical (unpaired) electrons. The summed E-state index contributed by atoms with van der Waals surface area (Å²) in [5.74, 6) is 4.95. The van der Waals surface area contributed by atoms with E-state index >= 15 is 0 Å². The fraction of sp³-hybridized carbons (Fsp3) is 0.226. The van der Waals surface area contributed by atoms with E-state index in [9.17, 15) is 22.4 Å². The summed E-state index contributed by atoms with van der Waals surface area (Å²) >= 11 is 0. The Labute approximate surface area is 234 Å². The van der Waals surface area contributed by atoms with Gasteiger partial charge >= 0.3 is 6.18 Å². The van der Waals surface area contributed by atoms with Crippen LogP contribution in [0.15, 0.2) is 66.9 Å². The lowest BCUT2D eigenvalue weighted by molar-refractivity contribution is -0.138. The molecule has 0 aliphatic carbocycles. The second kappa shape index (κ2) is 11.6. The van der Waals surface area contributed by atoms with Crippen molar-refractivity contribution < 1.29 is 22.4 Å². The lowest BCUT2D eigenvalue weighted by Crippen LogP contribution is -2.44. The molecule has 2 heterocycles. The minimum atomic E-state index is -4.57. The Morgan fingerprint density at radius 1 is 1.02 bits per heavy atom. The van der Waals surface area contributed by atoms with Gasteiger partial charge in [-0.15, -0.1) is 0 Å². The van der Waals surface area contributed by atoms with E-state index in [-0.39, 0.29) is 29.2 Å². The van der Waals surface area contributed by atoms with Crippen LogP contribution in [0.5, 0.6) is 0 Å². The number of fused-ring (bicyclic) bond motifs is 1. The number of anilines is 2. The lowest BCUT2D eigenvalue weighted by atomic mass is 10.0. The number of alkyl halides is 3. The molecule has 3 N–H and O–H groups in total. The van der Waals surface area contributed by atoms with E-state index in [0.717, 1.165) is 19.2 Å². The van der Waals surface area contributed by atoms with E-state index in [4.69, 9.17) is 5.73 Å². The first-order valence-corrected chi connectivity index (χ1v) is 12.9. The average Bonchev–Trinajstić information content (AvgIpc) is 2.94. The number of pyridine rings is 1. The highest BCUT2D eigenvalue weighted by atomic mass is 19.4. The summed E-state index contributed by atoms with van der Waals surface area (Å²) in [6, 6.07) is 14.4. The van der Waals surface area contributed by atoms with Gasteiger partial charge in [-0.1, -0.05) is 24.0 Å². The van der Waals surface area contributed by atoms with E-state index < -0.39 is 23.5 Å². The number of aromatic nitrogens is 1. The van der Waals surface area contributed by atoms with Crippen LogP contribution in [0.2, 0.25) is 0 Å². The fourth-order valence-electron chi connectivity index (χ4n) is 4.71. The SMILES string of the molecule is CN1CCN(Cc2ccc(NC(=O)c3cccc(C#Cc4c(N)ncc5ccc(F)cc45)c3)cc2C(F)(F)F)CC1. The van der Waals surface area contributed by atoms with E-state index in [1.54, 1.807) is 18.2 Å². The maximum Gasteiger partial charge on any atom is 0.416 e. The van der Waals surface area contributed by atoms with Gasteiger partial charge in [0.25, 0.3) is 5.91 Å². The van der Waals surface area contributed by atoms with Crippen molar-refractivity contribution in [3.63, 3.8) is 0 Å². The molecule has 1 saturated heterocycles. The van der Waals surface area contributed by atoms with E-state index in [0.29, 0.717) is 35.0 Å². The summed E-state index contributed by atoms with van der Waals surface area (Å²) in [4.78, 5) is 21.2. The molecule has 0 atom stereocenters. The number of amides is 1. The maximum absolute atomic E-state index is 13.9. The van der Waals surface area contributed by atoms with Crippen LogP contribution in [-0.2, 0) is 12.7 Å². The molecule has 210 valence electrons. The Bertz CT molecular complexity index is 1660. The van der Waals surface area contributed by atoms with E-state index in [2.05, 4.69) is 27.0 Å². The summed E-state index contributed by atoms with van der Waals surface area (Å²) in [5, 5.41) is 3.75. The zero-order valence-corrected chi connectivity index (χ0v) is 22.2. The lowest BCUT2D eigenvalue weighted by Gasteiger charge is -2.33. The number of carbonyl (C=O) groups is 1. The van der Waals surface area contributed by atoms with Crippen molar-refractivity contribution >= 4 is 28.2 Å². The van der Waals surface area contributed by atoms with Gasteiger partial charge in [-0.25, -0.2) is 9.37 Å². The summed E-state index contributed by atoms with van der Waals surface area (Å²) in [7, 11) is 1.99. The zero-order valence-electron chi connectivity index (χ0n) is 22.2. The van der Waals surface area contributed by atoms with Gasteiger partial charge in [-0.3, -0.25) is 9.69 Å². The summed E-state index contributed by atoms with van der Waals surface area (Å²) in [6.45, 7) is 3.15. The molecule has 3 aromatic carbocycles. The van der Waals surface area contributed by atoms with Crippen LogP contribution in [-0.4, -0.2) is 53.9 Å². The fourth-order valence-corrected chi connectivity index (χ4v) is 4.71. The minimum Gasteiger partial charge on any atom is -0.383 e. The van der Waals surface area contributed by atoms with Gasteiger partial charge in [-0.2, -0.15) is 13.2 Å². The Morgan fingerprint density at radius 2 is 1.80 bits per heavy atom. The number of hydrogen-bond acceptors (Lipinski definition) is 5. The predicted octanol–water partition coefficient (Wildman–Crippen LogP) is 5.37. The standard InChI is InChI=1S/C31H27F4N5O/c1-39-11-13-40(14-12-39)19-23-7-9-25(17-28(23)31(33,34)35)38-30(41)21-4-2-3-20(15-21)5-10-26-27-16-24(32)8-6-22(27)18-37-29(26)36/h2-4,6-9,15-18H,11-14,19H2,1H3,(H2,36,37)(H,38,41). The van der Waals surface area contributed by atoms with Gasteiger partial charge < -0.3 is 16.0 Å². The number of nitrogens with one attached hydrogen (secondary N) is 1. The number of halogens is 4. The van der Waals surface area contributed by atoms with Gasteiger partial charge in [0.2, 0.25) is 0 Å². The Kier molecular flexibility index (Phi) is 7.92. The Morgan fingerprint density at radius 3 is 2.56 bits per heavy atom. The molecular weight excluding hydrogens is 534 g/mol. The number of nitrogens with zero attached hydrogens (tertiary/aromatic N) is 3. The average molecular weight is 562 g/mol. The highest BCUT2D eigenvalue weighted by Gasteiger charge is 2.34. The van der Waals surface area contributed by atoms with Gasteiger partial charge in [0.05, 0.1) is 11.1 Å². The zero-order chi connectivity index (χ0) is 29.1. The monoisotopic (exact) mass is 561 g/mol. The molecule has 1 aliphatic heterocycles. The molecule has 0 spiro atoms. The molecular formula is C31H27F4N5O. The molecule has 1 amide bonds. The number of nitrogens with two attached hydrogens (primary N) is 1. The highest BCUT2D eigenvalue weighted by molar-refractivity contribution is 6.04. The van der Waals surface area contributed by atoms with Gasteiger partial charge in [0.15, 0.2) is 0 Å².